The highest BCUT2D eigenvalue weighted by Crippen LogP contribution is 2.24. The molecule has 0 aliphatic rings. The number of amides is 1. The Labute approximate surface area is 143 Å². The van der Waals surface area contributed by atoms with E-state index < -0.39 is 6.10 Å². The van der Waals surface area contributed by atoms with Gasteiger partial charge in [-0.15, -0.1) is 0 Å². The summed E-state index contributed by atoms with van der Waals surface area (Å²) in [6.07, 6.45) is 1.12. The van der Waals surface area contributed by atoms with E-state index in [2.05, 4.69) is 26.1 Å². The van der Waals surface area contributed by atoms with Crippen LogP contribution in [0.15, 0.2) is 42.6 Å². The molecule has 130 valence electrons. The van der Waals surface area contributed by atoms with E-state index in [9.17, 15) is 9.90 Å². The normalized spacial score (nSPS) is 12.7. The number of benzene rings is 1. The number of carbonyl (C=O) groups is 1. The van der Waals surface area contributed by atoms with Gasteiger partial charge in [0.2, 0.25) is 0 Å². The van der Waals surface area contributed by atoms with Crippen LogP contribution in [-0.2, 0) is 17.3 Å². The van der Waals surface area contributed by atoms with Crippen molar-refractivity contribution in [1.82, 2.24) is 9.88 Å². The summed E-state index contributed by atoms with van der Waals surface area (Å²) in [7, 11) is 1.85. The number of aromatic nitrogens is 1. The monoisotopic (exact) mass is 330 g/mol. The van der Waals surface area contributed by atoms with E-state index in [1.165, 1.54) is 5.56 Å². The average Bonchev–Trinajstić information content (AvgIpc) is 2.96. The van der Waals surface area contributed by atoms with E-state index in [0.717, 1.165) is 5.69 Å². The minimum atomic E-state index is -0.736. The molecule has 1 amide bonds. The molecule has 0 bridgehead atoms. The Balaban J connectivity index is 1.78. The summed E-state index contributed by atoms with van der Waals surface area (Å²) < 4.78 is 7.31. The second-order valence-corrected chi connectivity index (χ2v) is 6.93. The van der Waals surface area contributed by atoms with E-state index in [1.807, 2.05) is 54.2 Å². The molecule has 0 fully saturated rings. The van der Waals surface area contributed by atoms with Gasteiger partial charge >= 0.3 is 0 Å². The van der Waals surface area contributed by atoms with Crippen LogP contribution in [0.3, 0.4) is 0 Å². The zero-order valence-electron chi connectivity index (χ0n) is 14.7. The maximum Gasteiger partial charge on any atom is 0.258 e. The number of aryl methyl sites for hydroxylation is 1. The number of rotatable bonds is 6. The Morgan fingerprint density at radius 2 is 1.92 bits per heavy atom. The number of hydrogen-bond acceptors (Lipinski definition) is 3. The zero-order chi connectivity index (χ0) is 17.7. The molecule has 0 radical (unpaired) electrons. The molecule has 0 saturated carbocycles. The van der Waals surface area contributed by atoms with Gasteiger partial charge in [-0.05, 0) is 35.2 Å². The third-order valence-corrected chi connectivity index (χ3v) is 3.91. The van der Waals surface area contributed by atoms with Crippen LogP contribution in [0.5, 0.6) is 5.75 Å². The van der Waals surface area contributed by atoms with Crippen LogP contribution in [0.4, 0.5) is 0 Å². The topological polar surface area (TPSA) is 63.5 Å². The zero-order valence-corrected chi connectivity index (χ0v) is 14.7. The lowest BCUT2D eigenvalue weighted by Gasteiger charge is -2.19. The Morgan fingerprint density at radius 3 is 2.46 bits per heavy atom. The van der Waals surface area contributed by atoms with Crippen molar-refractivity contribution < 1.29 is 14.6 Å². The van der Waals surface area contributed by atoms with Gasteiger partial charge in [0.05, 0.1) is 0 Å². The van der Waals surface area contributed by atoms with Crippen molar-refractivity contribution in [3.05, 3.63) is 53.9 Å². The van der Waals surface area contributed by atoms with Gasteiger partial charge in [0.15, 0.2) is 6.61 Å². The highest BCUT2D eigenvalue weighted by atomic mass is 16.5. The quantitative estimate of drug-likeness (QED) is 0.855. The molecule has 2 aromatic rings. The summed E-state index contributed by atoms with van der Waals surface area (Å²) in [5.74, 6) is 0.393. The van der Waals surface area contributed by atoms with Crippen LogP contribution >= 0.6 is 0 Å². The molecular formula is C19H26N2O3. The summed E-state index contributed by atoms with van der Waals surface area (Å²) in [4.78, 5) is 11.8. The Hall–Kier alpha value is -2.27. The molecule has 0 aliphatic heterocycles. The van der Waals surface area contributed by atoms with E-state index in [1.54, 1.807) is 0 Å². The molecule has 2 N–H and O–H groups in total. The molecule has 1 atom stereocenters. The first-order valence-corrected chi connectivity index (χ1v) is 8.06. The Bertz CT molecular complexity index is 669. The minimum absolute atomic E-state index is 0.0747. The first kappa shape index (κ1) is 18.1. The number of aliphatic hydroxyl groups excluding tert-OH is 1. The first-order chi connectivity index (χ1) is 11.3. The van der Waals surface area contributed by atoms with E-state index in [-0.39, 0.29) is 24.5 Å². The third-order valence-electron chi connectivity index (χ3n) is 3.91. The minimum Gasteiger partial charge on any atom is -0.484 e. The number of hydrogen-bond donors (Lipinski definition) is 2. The summed E-state index contributed by atoms with van der Waals surface area (Å²) >= 11 is 0. The molecule has 0 saturated heterocycles. The fourth-order valence-electron chi connectivity index (χ4n) is 2.39. The van der Waals surface area contributed by atoms with E-state index >= 15 is 0 Å². The second kappa shape index (κ2) is 7.53. The standard InChI is InChI=1S/C19H26N2O3/c1-19(2,3)14-7-9-15(10-8-14)24-13-18(23)20-12-17(22)16-6-5-11-21(16)4/h5-11,17,22H,12-13H2,1-4H3,(H,20,23). The molecule has 24 heavy (non-hydrogen) atoms. The van der Waals surface area contributed by atoms with Gasteiger partial charge in [-0.2, -0.15) is 0 Å². The number of aliphatic hydroxyl groups is 1. The lowest BCUT2D eigenvalue weighted by molar-refractivity contribution is -0.123. The Morgan fingerprint density at radius 1 is 1.25 bits per heavy atom. The molecule has 1 unspecified atom stereocenters. The highest BCUT2D eigenvalue weighted by Gasteiger charge is 2.14. The maximum absolute atomic E-state index is 11.8. The van der Waals surface area contributed by atoms with Gasteiger partial charge in [-0.1, -0.05) is 32.9 Å². The summed E-state index contributed by atoms with van der Waals surface area (Å²) in [6, 6.07) is 11.4. The molecule has 1 heterocycles. The van der Waals surface area contributed by atoms with E-state index in [0.29, 0.717) is 5.75 Å². The van der Waals surface area contributed by atoms with Gasteiger partial charge in [-0.25, -0.2) is 0 Å². The fourth-order valence-corrected chi connectivity index (χ4v) is 2.39. The molecule has 1 aromatic heterocycles. The van der Waals surface area contributed by atoms with Crippen molar-refractivity contribution in [2.24, 2.45) is 7.05 Å². The SMILES string of the molecule is Cn1cccc1C(O)CNC(=O)COc1ccc(C(C)(C)C)cc1. The predicted octanol–water partition coefficient (Wildman–Crippen LogP) is 2.55. The highest BCUT2D eigenvalue weighted by molar-refractivity contribution is 5.77. The van der Waals surface area contributed by atoms with Gasteiger partial charge in [0, 0.05) is 25.5 Å². The van der Waals surface area contributed by atoms with E-state index in [4.69, 9.17) is 4.74 Å². The number of ether oxygens (including phenoxy) is 1. The maximum atomic E-state index is 11.8. The molecule has 0 aliphatic carbocycles. The Kier molecular flexibility index (Phi) is 5.67. The van der Waals surface area contributed by atoms with Crippen molar-refractivity contribution in [2.75, 3.05) is 13.2 Å². The van der Waals surface area contributed by atoms with Crippen LogP contribution in [0, 0.1) is 0 Å². The summed E-state index contributed by atoms with van der Waals surface area (Å²) in [5.41, 5.74) is 2.06. The average molecular weight is 330 g/mol. The first-order valence-electron chi connectivity index (χ1n) is 8.06. The molecule has 2 rings (SSSR count). The van der Waals surface area contributed by atoms with Crippen LogP contribution in [0.2, 0.25) is 0 Å². The second-order valence-electron chi connectivity index (χ2n) is 6.93. The van der Waals surface area contributed by atoms with Gasteiger partial charge < -0.3 is 19.7 Å². The van der Waals surface area contributed by atoms with Crippen molar-refractivity contribution in [1.29, 1.82) is 0 Å². The van der Waals surface area contributed by atoms with Crippen LogP contribution < -0.4 is 10.1 Å². The number of carbonyl (C=O) groups excluding carboxylic acids is 1. The fraction of sp³-hybridized carbons (Fsp3) is 0.421. The van der Waals surface area contributed by atoms with Gasteiger partial charge in [0.1, 0.15) is 11.9 Å². The van der Waals surface area contributed by atoms with Crippen LogP contribution in [0.1, 0.15) is 38.1 Å². The summed E-state index contributed by atoms with van der Waals surface area (Å²) in [6.45, 7) is 6.52. The molecule has 5 nitrogen and oxygen atoms in total. The lowest BCUT2D eigenvalue weighted by atomic mass is 9.87. The molecular weight excluding hydrogens is 304 g/mol. The van der Waals surface area contributed by atoms with Crippen molar-refractivity contribution in [3.63, 3.8) is 0 Å². The molecule has 5 heteroatoms. The van der Waals surface area contributed by atoms with Crippen molar-refractivity contribution in [2.45, 2.75) is 32.3 Å². The largest absolute Gasteiger partial charge is 0.484 e. The summed E-state index contributed by atoms with van der Waals surface area (Å²) in [5, 5.41) is 12.7. The molecule has 0 spiro atoms. The van der Waals surface area contributed by atoms with Crippen molar-refractivity contribution >= 4 is 5.91 Å². The number of nitrogens with zero attached hydrogens (tertiary/aromatic N) is 1. The van der Waals surface area contributed by atoms with Crippen molar-refractivity contribution in [3.8, 4) is 5.75 Å². The number of nitrogens with one attached hydrogen (secondary N) is 1. The lowest BCUT2D eigenvalue weighted by Crippen LogP contribution is -2.32. The van der Waals surface area contributed by atoms with Gasteiger partial charge in [0.25, 0.3) is 5.91 Å². The molecule has 1 aromatic carbocycles. The van der Waals surface area contributed by atoms with Crippen LogP contribution in [0.25, 0.3) is 0 Å². The van der Waals surface area contributed by atoms with Gasteiger partial charge in [-0.3, -0.25) is 4.79 Å². The third kappa shape index (κ3) is 4.86. The smallest absolute Gasteiger partial charge is 0.258 e. The predicted molar refractivity (Wildman–Crippen MR) is 94.0 cm³/mol. The van der Waals surface area contributed by atoms with Crippen LogP contribution in [-0.4, -0.2) is 28.7 Å².